The van der Waals surface area contributed by atoms with E-state index in [-0.39, 0.29) is 11.3 Å². The number of nitrogens with one attached hydrogen (secondary N) is 2. The summed E-state index contributed by atoms with van der Waals surface area (Å²) in [6.07, 6.45) is 6.96. The molecule has 0 saturated heterocycles. The first kappa shape index (κ1) is 11.2. The van der Waals surface area contributed by atoms with Gasteiger partial charge in [-0.1, -0.05) is 26.7 Å². The van der Waals surface area contributed by atoms with Crippen LogP contribution in [0.2, 0.25) is 0 Å². The minimum Gasteiger partial charge on any atom is -0.310 e. The molecule has 0 atom stereocenters. The van der Waals surface area contributed by atoms with Gasteiger partial charge < -0.3 is 5.32 Å². The standard InChI is InChI=1S/C12H19N3O/c1-3-9-8-13-15-10(9)14-11(16)12(2)6-4-5-7-12/h8H,3-7H2,1-2H3,(H2,13,14,15,16). The van der Waals surface area contributed by atoms with Crippen molar-refractivity contribution >= 4 is 11.7 Å². The summed E-state index contributed by atoms with van der Waals surface area (Å²) in [6.45, 7) is 4.11. The number of aromatic nitrogens is 2. The maximum Gasteiger partial charge on any atom is 0.231 e. The van der Waals surface area contributed by atoms with Crippen LogP contribution in [0.1, 0.15) is 45.1 Å². The van der Waals surface area contributed by atoms with Crippen molar-refractivity contribution in [2.75, 3.05) is 5.32 Å². The molecule has 0 aliphatic heterocycles. The van der Waals surface area contributed by atoms with Crippen molar-refractivity contribution in [1.82, 2.24) is 10.2 Å². The van der Waals surface area contributed by atoms with Crippen molar-refractivity contribution in [3.63, 3.8) is 0 Å². The number of amides is 1. The molecule has 1 aliphatic carbocycles. The van der Waals surface area contributed by atoms with E-state index in [1.54, 1.807) is 6.20 Å². The Morgan fingerprint density at radius 2 is 2.25 bits per heavy atom. The summed E-state index contributed by atoms with van der Waals surface area (Å²) >= 11 is 0. The summed E-state index contributed by atoms with van der Waals surface area (Å²) in [5.74, 6) is 0.893. The molecule has 0 bridgehead atoms. The van der Waals surface area contributed by atoms with Crippen LogP contribution in [-0.4, -0.2) is 16.1 Å². The van der Waals surface area contributed by atoms with E-state index in [1.165, 1.54) is 0 Å². The van der Waals surface area contributed by atoms with Gasteiger partial charge in [0.05, 0.1) is 6.20 Å². The number of carbonyl (C=O) groups is 1. The predicted octanol–water partition coefficient (Wildman–Crippen LogP) is 2.49. The highest BCUT2D eigenvalue weighted by molar-refractivity contribution is 5.94. The molecular weight excluding hydrogens is 202 g/mol. The maximum absolute atomic E-state index is 12.1. The second-order valence-electron chi connectivity index (χ2n) is 4.85. The predicted molar refractivity (Wildman–Crippen MR) is 63.2 cm³/mol. The van der Waals surface area contributed by atoms with Gasteiger partial charge in [-0.25, -0.2) is 0 Å². The Morgan fingerprint density at radius 3 is 2.88 bits per heavy atom. The molecule has 0 radical (unpaired) electrons. The smallest absolute Gasteiger partial charge is 0.231 e. The van der Waals surface area contributed by atoms with Crippen molar-refractivity contribution in [3.05, 3.63) is 11.8 Å². The Hall–Kier alpha value is -1.32. The second kappa shape index (κ2) is 4.28. The van der Waals surface area contributed by atoms with Crippen LogP contribution < -0.4 is 5.32 Å². The monoisotopic (exact) mass is 221 g/mol. The van der Waals surface area contributed by atoms with Crippen LogP contribution in [0, 0.1) is 5.41 Å². The van der Waals surface area contributed by atoms with Crippen LogP contribution >= 0.6 is 0 Å². The molecular formula is C12H19N3O. The number of aryl methyl sites for hydroxylation is 1. The fourth-order valence-corrected chi connectivity index (χ4v) is 2.33. The first-order chi connectivity index (χ1) is 7.65. The third kappa shape index (κ3) is 1.96. The van der Waals surface area contributed by atoms with Crippen LogP contribution in [0.4, 0.5) is 5.82 Å². The third-order valence-electron chi connectivity index (χ3n) is 3.59. The Balaban J connectivity index is 2.07. The molecule has 0 spiro atoms. The lowest BCUT2D eigenvalue weighted by molar-refractivity contribution is -0.124. The van der Waals surface area contributed by atoms with E-state index < -0.39 is 0 Å². The molecule has 0 aromatic carbocycles. The highest BCUT2D eigenvalue weighted by Gasteiger charge is 2.36. The molecule has 16 heavy (non-hydrogen) atoms. The average molecular weight is 221 g/mol. The van der Waals surface area contributed by atoms with Crippen molar-refractivity contribution in [2.45, 2.75) is 46.0 Å². The number of anilines is 1. The molecule has 2 N–H and O–H groups in total. The fourth-order valence-electron chi connectivity index (χ4n) is 2.33. The lowest BCUT2D eigenvalue weighted by Gasteiger charge is -2.21. The lowest BCUT2D eigenvalue weighted by atomic mass is 9.88. The normalized spacial score (nSPS) is 18.6. The topological polar surface area (TPSA) is 57.8 Å². The Labute approximate surface area is 95.8 Å². The molecule has 4 nitrogen and oxygen atoms in total. The SMILES string of the molecule is CCc1cn[nH]c1NC(=O)C1(C)CCCC1. The first-order valence-corrected chi connectivity index (χ1v) is 5.99. The first-order valence-electron chi connectivity index (χ1n) is 5.99. The van der Waals surface area contributed by atoms with Gasteiger partial charge in [0, 0.05) is 11.0 Å². The number of H-pyrrole nitrogens is 1. The van der Waals surface area contributed by atoms with Gasteiger partial charge in [0.15, 0.2) is 0 Å². The van der Waals surface area contributed by atoms with Crippen molar-refractivity contribution < 1.29 is 4.79 Å². The zero-order chi connectivity index (χ0) is 11.6. The van der Waals surface area contributed by atoms with E-state index >= 15 is 0 Å². The summed E-state index contributed by atoms with van der Waals surface area (Å²) in [4.78, 5) is 12.1. The maximum atomic E-state index is 12.1. The van der Waals surface area contributed by atoms with Gasteiger partial charge in [0.2, 0.25) is 5.91 Å². The van der Waals surface area contributed by atoms with E-state index in [4.69, 9.17) is 0 Å². The number of nitrogens with zero attached hydrogens (tertiary/aromatic N) is 1. The van der Waals surface area contributed by atoms with Crippen LogP contribution in [0.25, 0.3) is 0 Å². The Kier molecular flexibility index (Phi) is 2.99. The van der Waals surface area contributed by atoms with E-state index in [0.29, 0.717) is 0 Å². The van der Waals surface area contributed by atoms with Crippen LogP contribution in [-0.2, 0) is 11.2 Å². The molecule has 4 heteroatoms. The van der Waals surface area contributed by atoms with Gasteiger partial charge >= 0.3 is 0 Å². The molecule has 1 saturated carbocycles. The summed E-state index contributed by atoms with van der Waals surface area (Å²) in [6, 6.07) is 0. The van der Waals surface area contributed by atoms with Gasteiger partial charge in [0.1, 0.15) is 5.82 Å². The number of aromatic amines is 1. The number of hydrogen-bond donors (Lipinski definition) is 2. The molecule has 1 aromatic rings. The van der Waals surface area contributed by atoms with Crippen molar-refractivity contribution in [1.29, 1.82) is 0 Å². The molecule has 1 aromatic heterocycles. The van der Waals surface area contributed by atoms with Gasteiger partial charge in [-0.3, -0.25) is 9.89 Å². The number of rotatable bonds is 3. The summed E-state index contributed by atoms with van der Waals surface area (Å²) in [5, 5.41) is 9.77. The fraction of sp³-hybridized carbons (Fsp3) is 0.667. The molecule has 1 aliphatic rings. The number of hydrogen-bond acceptors (Lipinski definition) is 2. The van der Waals surface area contributed by atoms with E-state index in [9.17, 15) is 4.79 Å². The second-order valence-corrected chi connectivity index (χ2v) is 4.85. The van der Waals surface area contributed by atoms with Gasteiger partial charge in [0.25, 0.3) is 0 Å². The van der Waals surface area contributed by atoms with Gasteiger partial charge in [-0.05, 0) is 19.3 Å². The summed E-state index contributed by atoms with van der Waals surface area (Å²) in [5.41, 5.74) is 0.880. The van der Waals surface area contributed by atoms with E-state index in [1.807, 2.05) is 0 Å². The number of carbonyl (C=O) groups excluding carboxylic acids is 1. The molecule has 88 valence electrons. The van der Waals surface area contributed by atoms with E-state index in [2.05, 4.69) is 29.4 Å². The third-order valence-corrected chi connectivity index (χ3v) is 3.59. The average Bonchev–Trinajstić information content (AvgIpc) is 2.87. The summed E-state index contributed by atoms with van der Waals surface area (Å²) in [7, 11) is 0. The zero-order valence-electron chi connectivity index (χ0n) is 9.97. The van der Waals surface area contributed by atoms with Crippen LogP contribution in [0.15, 0.2) is 6.20 Å². The highest BCUT2D eigenvalue weighted by Crippen LogP contribution is 2.38. The highest BCUT2D eigenvalue weighted by atomic mass is 16.2. The minimum absolute atomic E-state index is 0.129. The van der Waals surface area contributed by atoms with Gasteiger partial charge in [-0.2, -0.15) is 5.10 Å². The van der Waals surface area contributed by atoms with Crippen LogP contribution in [0.3, 0.4) is 0 Å². The summed E-state index contributed by atoms with van der Waals surface area (Å²) < 4.78 is 0. The molecule has 0 unspecified atom stereocenters. The largest absolute Gasteiger partial charge is 0.310 e. The Morgan fingerprint density at radius 1 is 1.56 bits per heavy atom. The van der Waals surface area contributed by atoms with Crippen molar-refractivity contribution in [3.8, 4) is 0 Å². The molecule has 1 heterocycles. The molecule has 2 rings (SSSR count). The van der Waals surface area contributed by atoms with E-state index in [0.717, 1.165) is 43.5 Å². The minimum atomic E-state index is -0.184. The van der Waals surface area contributed by atoms with Crippen molar-refractivity contribution in [2.24, 2.45) is 5.41 Å². The Bertz CT molecular complexity index is 377. The van der Waals surface area contributed by atoms with Gasteiger partial charge in [-0.15, -0.1) is 0 Å². The molecule has 1 fully saturated rings. The lowest BCUT2D eigenvalue weighted by Crippen LogP contribution is -2.31. The quantitative estimate of drug-likeness (QED) is 0.823. The van der Waals surface area contributed by atoms with Crippen LogP contribution in [0.5, 0.6) is 0 Å². The zero-order valence-corrected chi connectivity index (χ0v) is 9.97. The molecule has 1 amide bonds.